The number of nitrogens with zero attached hydrogens (tertiary/aromatic N) is 1. The Labute approximate surface area is 162 Å². The predicted molar refractivity (Wildman–Crippen MR) is 106 cm³/mol. The van der Waals surface area contributed by atoms with E-state index in [0.29, 0.717) is 19.4 Å². The van der Waals surface area contributed by atoms with Crippen LogP contribution >= 0.6 is 0 Å². The van der Waals surface area contributed by atoms with Gasteiger partial charge in [-0.05, 0) is 12.0 Å². The number of hydrogen-bond acceptors (Lipinski definition) is 4. The first-order valence-corrected chi connectivity index (χ1v) is 9.79. The molecule has 1 saturated heterocycles. The minimum absolute atomic E-state index is 0.0115. The topological polar surface area (TPSA) is 70.7 Å². The monoisotopic (exact) mass is 375 g/mol. The Hall–Kier alpha value is -1.92. The van der Waals surface area contributed by atoms with E-state index in [-0.39, 0.29) is 17.9 Å². The number of ether oxygens (including phenoxy) is 1. The first-order valence-electron chi connectivity index (χ1n) is 9.79. The molecule has 1 aromatic carbocycles. The Morgan fingerprint density at radius 2 is 1.81 bits per heavy atom. The van der Waals surface area contributed by atoms with Gasteiger partial charge in [-0.15, -0.1) is 0 Å². The number of rotatable bonds is 8. The highest BCUT2D eigenvalue weighted by molar-refractivity contribution is 5.81. The molecule has 27 heavy (non-hydrogen) atoms. The van der Waals surface area contributed by atoms with Gasteiger partial charge in [-0.2, -0.15) is 0 Å². The van der Waals surface area contributed by atoms with Crippen LogP contribution in [-0.2, 0) is 14.3 Å². The first-order chi connectivity index (χ1) is 12.9. The fourth-order valence-electron chi connectivity index (χ4n) is 2.94. The quantitative estimate of drug-likeness (QED) is 0.683. The van der Waals surface area contributed by atoms with Gasteiger partial charge in [0.15, 0.2) is 0 Å². The van der Waals surface area contributed by atoms with E-state index in [1.165, 1.54) is 0 Å². The number of carbonyl (C=O) groups is 2. The molecule has 1 heterocycles. The number of benzene rings is 1. The molecule has 0 aromatic heterocycles. The highest BCUT2D eigenvalue weighted by atomic mass is 16.5. The van der Waals surface area contributed by atoms with E-state index in [1.54, 1.807) is 0 Å². The minimum Gasteiger partial charge on any atom is -0.379 e. The number of carbonyl (C=O) groups excluding carboxylic acids is 2. The van der Waals surface area contributed by atoms with Crippen molar-refractivity contribution >= 4 is 11.8 Å². The Morgan fingerprint density at radius 3 is 2.44 bits per heavy atom. The van der Waals surface area contributed by atoms with Crippen molar-refractivity contribution in [3.8, 4) is 0 Å². The summed E-state index contributed by atoms with van der Waals surface area (Å²) < 4.78 is 5.41. The molecule has 0 spiro atoms. The van der Waals surface area contributed by atoms with Crippen molar-refractivity contribution in [2.24, 2.45) is 5.41 Å². The average Bonchev–Trinajstić information content (AvgIpc) is 2.65. The molecule has 1 atom stereocenters. The van der Waals surface area contributed by atoms with E-state index in [0.717, 1.165) is 38.4 Å². The van der Waals surface area contributed by atoms with Crippen molar-refractivity contribution in [3.63, 3.8) is 0 Å². The second kappa shape index (κ2) is 10.4. The van der Waals surface area contributed by atoms with E-state index in [4.69, 9.17) is 4.74 Å². The van der Waals surface area contributed by atoms with Crippen molar-refractivity contribution in [3.05, 3.63) is 35.9 Å². The molecule has 1 aliphatic rings. The van der Waals surface area contributed by atoms with Crippen LogP contribution in [0.15, 0.2) is 30.3 Å². The van der Waals surface area contributed by atoms with Crippen LogP contribution in [-0.4, -0.2) is 56.1 Å². The number of nitrogens with one attached hydrogen (secondary N) is 2. The highest BCUT2D eigenvalue weighted by Crippen LogP contribution is 2.16. The molecule has 6 heteroatoms. The van der Waals surface area contributed by atoms with Gasteiger partial charge in [0.2, 0.25) is 11.8 Å². The Bertz CT molecular complexity index is 592. The van der Waals surface area contributed by atoms with Gasteiger partial charge in [0.25, 0.3) is 0 Å². The van der Waals surface area contributed by atoms with Gasteiger partial charge in [0.05, 0.1) is 19.3 Å². The molecule has 0 radical (unpaired) electrons. The Morgan fingerprint density at radius 1 is 1.15 bits per heavy atom. The minimum atomic E-state index is -0.404. The lowest BCUT2D eigenvalue weighted by molar-refractivity contribution is -0.128. The Kier molecular flexibility index (Phi) is 8.25. The molecule has 0 aliphatic carbocycles. The number of hydrogen-bond donors (Lipinski definition) is 2. The van der Waals surface area contributed by atoms with Gasteiger partial charge >= 0.3 is 0 Å². The smallest absolute Gasteiger partial charge is 0.225 e. The maximum absolute atomic E-state index is 12.4. The summed E-state index contributed by atoms with van der Waals surface area (Å²) >= 11 is 0. The molecule has 1 aliphatic heterocycles. The number of morpholine rings is 1. The lowest BCUT2D eigenvalue weighted by Gasteiger charge is -2.31. The van der Waals surface area contributed by atoms with Crippen LogP contribution in [0.4, 0.5) is 0 Å². The summed E-state index contributed by atoms with van der Waals surface area (Å²) in [5, 5.41) is 6.05. The van der Waals surface area contributed by atoms with Crippen molar-refractivity contribution in [1.29, 1.82) is 0 Å². The lowest BCUT2D eigenvalue weighted by Crippen LogP contribution is -2.43. The summed E-state index contributed by atoms with van der Waals surface area (Å²) in [5.74, 6) is 0.0273. The van der Waals surface area contributed by atoms with E-state index in [2.05, 4.69) is 27.7 Å². The molecule has 1 aromatic rings. The molecule has 2 rings (SSSR count). The fraction of sp³-hybridized carbons (Fsp3) is 0.619. The van der Waals surface area contributed by atoms with E-state index >= 15 is 0 Å². The van der Waals surface area contributed by atoms with Crippen molar-refractivity contribution in [2.75, 3.05) is 39.4 Å². The largest absolute Gasteiger partial charge is 0.379 e. The van der Waals surface area contributed by atoms with Crippen LogP contribution in [0.5, 0.6) is 0 Å². The van der Waals surface area contributed by atoms with Crippen LogP contribution in [0.2, 0.25) is 0 Å². The van der Waals surface area contributed by atoms with E-state index in [1.807, 2.05) is 39.0 Å². The molecule has 0 bridgehead atoms. The zero-order chi connectivity index (χ0) is 19.7. The zero-order valence-electron chi connectivity index (χ0n) is 16.8. The summed E-state index contributed by atoms with van der Waals surface area (Å²) in [6.45, 7) is 10.2. The van der Waals surface area contributed by atoms with Crippen LogP contribution in [0, 0.1) is 5.41 Å². The third-order valence-corrected chi connectivity index (χ3v) is 4.63. The Balaban J connectivity index is 1.83. The summed E-state index contributed by atoms with van der Waals surface area (Å²) in [5.41, 5.74) is 0.706. The van der Waals surface area contributed by atoms with Crippen molar-refractivity contribution in [2.45, 2.75) is 39.7 Å². The molecular formula is C21H33N3O3. The summed E-state index contributed by atoms with van der Waals surface area (Å²) in [4.78, 5) is 26.6. The van der Waals surface area contributed by atoms with Gasteiger partial charge < -0.3 is 15.4 Å². The van der Waals surface area contributed by atoms with Crippen LogP contribution in [0.25, 0.3) is 0 Å². The standard InChI is InChI=1S/C21H33N3O3/c1-21(2,3)20(26)22-11-7-10-19(25)23-18(17-8-5-4-6-9-17)16-24-12-14-27-15-13-24/h4-6,8-9,18H,7,10-16H2,1-3H3,(H,22,26)(H,23,25). The van der Waals surface area contributed by atoms with Gasteiger partial charge in [-0.25, -0.2) is 0 Å². The predicted octanol–water partition coefficient (Wildman–Crippen LogP) is 2.12. The van der Waals surface area contributed by atoms with Crippen molar-refractivity contribution < 1.29 is 14.3 Å². The molecular weight excluding hydrogens is 342 g/mol. The lowest BCUT2D eigenvalue weighted by atomic mass is 9.96. The normalized spacial score (nSPS) is 16.6. The zero-order valence-corrected chi connectivity index (χ0v) is 16.8. The summed E-state index contributed by atoms with van der Waals surface area (Å²) in [6.07, 6.45) is 1.03. The van der Waals surface area contributed by atoms with Gasteiger partial charge in [-0.1, -0.05) is 51.1 Å². The fourth-order valence-corrected chi connectivity index (χ4v) is 2.94. The summed E-state index contributed by atoms with van der Waals surface area (Å²) in [6, 6.07) is 10.0. The number of amides is 2. The van der Waals surface area contributed by atoms with Gasteiger partial charge in [0.1, 0.15) is 0 Å². The maximum atomic E-state index is 12.4. The average molecular weight is 376 g/mol. The maximum Gasteiger partial charge on any atom is 0.225 e. The van der Waals surface area contributed by atoms with Crippen LogP contribution < -0.4 is 10.6 Å². The van der Waals surface area contributed by atoms with E-state index in [9.17, 15) is 9.59 Å². The van der Waals surface area contributed by atoms with Crippen LogP contribution in [0.1, 0.15) is 45.2 Å². The molecule has 0 saturated carbocycles. The second-order valence-electron chi connectivity index (χ2n) is 8.05. The molecule has 1 unspecified atom stereocenters. The molecule has 1 fully saturated rings. The van der Waals surface area contributed by atoms with Crippen LogP contribution in [0.3, 0.4) is 0 Å². The van der Waals surface area contributed by atoms with Crippen molar-refractivity contribution in [1.82, 2.24) is 15.5 Å². The third kappa shape index (κ3) is 7.69. The SMILES string of the molecule is CC(C)(C)C(=O)NCCCC(=O)NC(CN1CCOCC1)c1ccccc1. The van der Waals surface area contributed by atoms with E-state index < -0.39 is 5.41 Å². The molecule has 2 amide bonds. The van der Waals surface area contributed by atoms with Gasteiger partial charge in [0, 0.05) is 38.0 Å². The molecule has 150 valence electrons. The second-order valence-corrected chi connectivity index (χ2v) is 8.05. The third-order valence-electron chi connectivity index (χ3n) is 4.63. The summed E-state index contributed by atoms with van der Waals surface area (Å²) in [7, 11) is 0. The molecule has 2 N–H and O–H groups in total. The highest BCUT2D eigenvalue weighted by Gasteiger charge is 2.21. The molecule has 6 nitrogen and oxygen atoms in total. The van der Waals surface area contributed by atoms with Gasteiger partial charge in [-0.3, -0.25) is 14.5 Å². The first kappa shape index (κ1) is 21.4.